The zero-order valence-electron chi connectivity index (χ0n) is 21.2. The third kappa shape index (κ3) is 4.00. The highest BCUT2D eigenvalue weighted by Crippen LogP contribution is 2.42. The van der Waals surface area contributed by atoms with Crippen molar-refractivity contribution in [2.45, 2.75) is 24.9 Å². The van der Waals surface area contributed by atoms with Crippen LogP contribution in [0.5, 0.6) is 0 Å². The van der Waals surface area contributed by atoms with E-state index < -0.39 is 6.04 Å². The van der Waals surface area contributed by atoms with E-state index in [-0.39, 0.29) is 30.2 Å². The number of nitrogens with zero attached hydrogens (tertiary/aromatic N) is 3. The number of fused-ring (bicyclic) bond motifs is 4. The van der Waals surface area contributed by atoms with E-state index in [9.17, 15) is 14.0 Å². The molecule has 4 aromatic carbocycles. The lowest BCUT2D eigenvalue weighted by Crippen LogP contribution is -2.47. The van der Waals surface area contributed by atoms with Gasteiger partial charge < -0.3 is 9.47 Å². The quantitative estimate of drug-likeness (QED) is 0.268. The molecule has 5 nitrogen and oxygen atoms in total. The van der Waals surface area contributed by atoms with Gasteiger partial charge in [-0.1, -0.05) is 60.7 Å². The first-order valence-electron chi connectivity index (χ1n) is 13.2. The molecule has 5 aromatic rings. The molecule has 7 rings (SSSR count). The monoisotopic (exact) mass is 515 g/mol. The summed E-state index contributed by atoms with van der Waals surface area (Å²) in [6, 6.07) is 31.2. The molecule has 1 atom stereocenters. The number of carbonyl (C=O) groups is 2. The molecular formula is C33H26FN3O2. The number of benzene rings is 4. The van der Waals surface area contributed by atoms with Crippen molar-refractivity contribution in [1.29, 1.82) is 0 Å². The molecule has 1 aliphatic heterocycles. The molecule has 6 heteroatoms. The van der Waals surface area contributed by atoms with Gasteiger partial charge in [0.2, 0.25) is 5.91 Å². The van der Waals surface area contributed by atoms with E-state index >= 15 is 0 Å². The number of hydrogen-bond acceptors (Lipinski definition) is 2. The van der Waals surface area contributed by atoms with Gasteiger partial charge in [0.05, 0.1) is 17.1 Å². The lowest BCUT2D eigenvalue weighted by molar-refractivity contribution is -0.119. The van der Waals surface area contributed by atoms with E-state index in [2.05, 4.69) is 4.57 Å². The summed E-state index contributed by atoms with van der Waals surface area (Å²) in [5.41, 5.74) is 3.97. The second kappa shape index (κ2) is 9.24. The van der Waals surface area contributed by atoms with E-state index in [1.165, 1.54) is 12.1 Å². The molecule has 1 aliphatic carbocycles. The predicted molar refractivity (Wildman–Crippen MR) is 150 cm³/mol. The minimum Gasteiger partial charge on any atom is -0.326 e. The summed E-state index contributed by atoms with van der Waals surface area (Å²) >= 11 is 0. The lowest BCUT2D eigenvalue weighted by atomic mass is 9.97. The van der Waals surface area contributed by atoms with E-state index in [1.807, 2.05) is 85.1 Å². The zero-order chi connectivity index (χ0) is 26.5. The highest BCUT2D eigenvalue weighted by atomic mass is 19.1. The molecule has 2 heterocycles. The number of hydrogen-bond donors (Lipinski definition) is 0. The van der Waals surface area contributed by atoms with Crippen LogP contribution >= 0.6 is 0 Å². The third-order valence-electron chi connectivity index (χ3n) is 7.75. The number of para-hydroxylation sites is 2. The maximum Gasteiger partial charge on any atom is 0.255 e. The predicted octanol–water partition coefficient (Wildman–Crippen LogP) is 6.51. The lowest BCUT2D eigenvalue weighted by Gasteiger charge is -2.39. The fourth-order valence-electron chi connectivity index (χ4n) is 5.76. The van der Waals surface area contributed by atoms with Gasteiger partial charge in [0, 0.05) is 17.8 Å². The number of anilines is 1. The maximum absolute atomic E-state index is 14.3. The average molecular weight is 516 g/mol. The SMILES string of the molecule is O=C(c1cccc2ccccc12)N(CC(=O)N1c2ccccc2-n2cccc2C1c1ccc(F)cc1)C1CC1. The molecule has 1 unspecified atom stereocenters. The van der Waals surface area contributed by atoms with Gasteiger partial charge in [-0.15, -0.1) is 0 Å². The van der Waals surface area contributed by atoms with Crippen molar-refractivity contribution in [3.05, 3.63) is 132 Å². The Hall–Kier alpha value is -4.71. The fraction of sp³-hybridized carbons (Fsp3) is 0.152. The summed E-state index contributed by atoms with van der Waals surface area (Å²) in [7, 11) is 0. The standard InChI is InChI=1S/C33H26FN3O2/c34-24-16-14-23(15-17-24)32-30-13-6-20-35(30)28-11-3-4-12-29(28)37(32)31(38)21-36(25-18-19-25)33(39)27-10-5-8-22-7-1-2-9-26(22)27/h1-17,20,25,32H,18-19,21H2. The van der Waals surface area contributed by atoms with Crippen molar-refractivity contribution in [3.63, 3.8) is 0 Å². The highest BCUT2D eigenvalue weighted by molar-refractivity contribution is 6.09. The van der Waals surface area contributed by atoms with Crippen molar-refractivity contribution in [1.82, 2.24) is 9.47 Å². The van der Waals surface area contributed by atoms with Gasteiger partial charge >= 0.3 is 0 Å². The van der Waals surface area contributed by atoms with Crippen LogP contribution in [0.3, 0.4) is 0 Å². The number of carbonyl (C=O) groups excluding carboxylic acids is 2. The molecule has 1 saturated carbocycles. The Kier molecular flexibility index (Phi) is 5.55. The zero-order valence-corrected chi connectivity index (χ0v) is 21.2. The van der Waals surface area contributed by atoms with Crippen molar-refractivity contribution in [2.24, 2.45) is 0 Å². The molecule has 39 heavy (non-hydrogen) atoms. The highest BCUT2D eigenvalue weighted by Gasteiger charge is 2.40. The van der Waals surface area contributed by atoms with Crippen molar-refractivity contribution in [3.8, 4) is 5.69 Å². The summed E-state index contributed by atoms with van der Waals surface area (Å²) < 4.78 is 16.0. The molecule has 0 bridgehead atoms. The second-order valence-electron chi connectivity index (χ2n) is 10.2. The molecular weight excluding hydrogens is 489 g/mol. The van der Waals surface area contributed by atoms with E-state index in [0.29, 0.717) is 5.56 Å². The van der Waals surface area contributed by atoms with Crippen LogP contribution in [0.25, 0.3) is 16.5 Å². The molecule has 0 spiro atoms. The fourth-order valence-corrected chi connectivity index (χ4v) is 5.76. The summed E-state index contributed by atoms with van der Waals surface area (Å²) in [5, 5.41) is 1.88. The van der Waals surface area contributed by atoms with Gasteiger partial charge in [-0.05, 0) is 71.6 Å². The van der Waals surface area contributed by atoms with Crippen LogP contribution < -0.4 is 4.90 Å². The van der Waals surface area contributed by atoms with Gasteiger partial charge in [0.15, 0.2) is 0 Å². The average Bonchev–Trinajstić information content (AvgIpc) is 3.70. The maximum atomic E-state index is 14.3. The van der Waals surface area contributed by atoms with Gasteiger partial charge in [-0.3, -0.25) is 14.5 Å². The van der Waals surface area contributed by atoms with Gasteiger partial charge in [0.1, 0.15) is 18.4 Å². The summed E-state index contributed by atoms with van der Waals surface area (Å²) in [5.74, 6) is -0.636. The first-order chi connectivity index (χ1) is 19.1. The molecule has 0 radical (unpaired) electrons. The number of aromatic nitrogens is 1. The molecule has 0 N–H and O–H groups in total. The van der Waals surface area contributed by atoms with E-state index in [1.54, 1.807) is 21.9 Å². The normalized spacial score (nSPS) is 16.0. The van der Waals surface area contributed by atoms with E-state index in [4.69, 9.17) is 0 Å². The molecule has 1 aromatic heterocycles. The van der Waals surface area contributed by atoms with Crippen LogP contribution in [0.15, 0.2) is 109 Å². The van der Waals surface area contributed by atoms with Crippen LogP contribution in [0, 0.1) is 5.82 Å². The van der Waals surface area contributed by atoms with Crippen LogP contribution in [0.4, 0.5) is 10.1 Å². The number of halogens is 1. The Balaban J connectivity index is 1.30. The van der Waals surface area contributed by atoms with Crippen LogP contribution in [-0.4, -0.2) is 33.9 Å². The Morgan fingerprint density at radius 2 is 1.51 bits per heavy atom. The Bertz CT molecular complexity index is 1720. The summed E-state index contributed by atoms with van der Waals surface area (Å²) in [4.78, 5) is 31.8. The van der Waals surface area contributed by atoms with Crippen LogP contribution in [0.1, 0.15) is 40.5 Å². The van der Waals surface area contributed by atoms with Crippen molar-refractivity contribution < 1.29 is 14.0 Å². The van der Waals surface area contributed by atoms with E-state index in [0.717, 1.165) is 46.2 Å². The summed E-state index contributed by atoms with van der Waals surface area (Å²) in [6.07, 6.45) is 3.74. The molecule has 2 amide bonds. The molecule has 2 aliphatic rings. The Morgan fingerprint density at radius 3 is 2.31 bits per heavy atom. The molecule has 0 saturated heterocycles. The third-order valence-corrected chi connectivity index (χ3v) is 7.75. The van der Waals surface area contributed by atoms with Crippen LogP contribution in [-0.2, 0) is 4.79 Å². The second-order valence-corrected chi connectivity index (χ2v) is 10.2. The van der Waals surface area contributed by atoms with Gasteiger partial charge in [-0.25, -0.2) is 4.39 Å². The minimum atomic E-state index is -0.461. The van der Waals surface area contributed by atoms with Crippen molar-refractivity contribution >= 4 is 28.3 Å². The first-order valence-corrected chi connectivity index (χ1v) is 13.2. The van der Waals surface area contributed by atoms with Gasteiger partial charge in [-0.2, -0.15) is 0 Å². The van der Waals surface area contributed by atoms with Crippen molar-refractivity contribution in [2.75, 3.05) is 11.4 Å². The first kappa shape index (κ1) is 23.4. The molecule has 192 valence electrons. The minimum absolute atomic E-state index is 0.0357. The Morgan fingerprint density at radius 1 is 0.795 bits per heavy atom. The summed E-state index contributed by atoms with van der Waals surface area (Å²) in [6.45, 7) is -0.0422. The number of amides is 2. The van der Waals surface area contributed by atoms with Gasteiger partial charge in [0.25, 0.3) is 5.91 Å². The largest absolute Gasteiger partial charge is 0.326 e. The smallest absolute Gasteiger partial charge is 0.255 e. The topological polar surface area (TPSA) is 45.6 Å². The Labute approximate surface area is 225 Å². The number of rotatable bonds is 5. The van der Waals surface area contributed by atoms with Crippen LogP contribution in [0.2, 0.25) is 0 Å². The molecule has 1 fully saturated rings.